The number of methoxy groups -OCH3 is 1. The molecule has 0 spiro atoms. The number of hydrogen-bond acceptors (Lipinski definition) is 5. The van der Waals surface area contributed by atoms with E-state index >= 15 is 0 Å². The third kappa shape index (κ3) is 4.75. The van der Waals surface area contributed by atoms with Crippen LogP contribution in [0.25, 0.3) is 0 Å². The van der Waals surface area contributed by atoms with Crippen LogP contribution in [0, 0.1) is 0 Å². The first-order chi connectivity index (χ1) is 9.08. The van der Waals surface area contributed by atoms with Crippen LogP contribution < -0.4 is 10.3 Å². The number of carbonyl (C=O) groups excluding carboxylic acids is 1. The van der Waals surface area contributed by atoms with E-state index in [9.17, 15) is 9.59 Å². The topological polar surface area (TPSA) is 66.8 Å². The Morgan fingerprint density at radius 1 is 1.47 bits per heavy atom. The second-order valence-electron chi connectivity index (χ2n) is 3.99. The van der Waals surface area contributed by atoms with Crippen molar-refractivity contribution in [2.24, 2.45) is 0 Å². The van der Waals surface area contributed by atoms with E-state index in [2.05, 4.69) is 0 Å². The molecule has 1 heterocycles. The number of aromatic nitrogens is 1. The zero-order valence-corrected chi connectivity index (χ0v) is 11.4. The molecule has 0 radical (unpaired) electrons. The molecular weight excluding hydrogens is 250 g/mol. The van der Waals surface area contributed by atoms with Crippen LogP contribution in [0.1, 0.15) is 13.8 Å². The maximum atomic E-state index is 11.9. The minimum absolute atomic E-state index is 0.145. The number of esters is 1. The van der Waals surface area contributed by atoms with Gasteiger partial charge in [-0.15, -0.1) is 0 Å². The summed E-state index contributed by atoms with van der Waals surface area (Å²) in [5.74, 6) is -0.261. The number of rotatable bonds is 7. The molecule has 0 N–H and O–H groups in total. The SMILES string of the molecule is CCOc1cccn(CC(=O)OC(C)COC)c1=O. The third-order valence-corrected chi connectivity index (χ3v) is 2.32. The zero-order valence-electron chi connectivity index (χ0n) is 11.4. The summed E-state index contributed by atoms with van der Waals surface area (Å²) < 4.78 is 16.4. The van der Waals surface area contributed by atoms with Crippen molar-refractivity contribution in [2.75, 3.05) is 20.3 Å². The van der Waals surface area contributed by atoms with Gasteiger partial charge >= 0.3 is 5.97 Å². The first kappa shape index (κ1) is 15.2. The van der Waals surface area contributed by atoms with Gasteiger partial charge in [-0.2, -0.15) is 0 Å². The number of carbonyl (C=O) groups is 1. The van der Waals surface area contributed by atoms with E-state index in [-0.39, 0.29) is 24.0 Å². The summed E-state index contributed by atoms with van der Waals surface area (Å²) in [5, 5.41) is 0. The van der Waals surface area contributed by atoms with E-state index < -0.39 is 5.97 Å². The molecule has 0 aliphatic carbocycles. The van der Waals surface area contributed by atoms with Crippen LogP contribution in [0.5, 0.6) is 5.75 Å². The molecule has 0 aliphatic rings. The lowest BCUT2D eigenvalue weighted by molar-refractivity contribution is -0.151. The van der Waals surface area contributed by atoms with Crippen molar-refractivity contribution in [3.05, 3.63) is 28.7 Å². The van der Waals surface area contributed by atoms with Crippen LogP contribution >= 0.6 is 0 Å². The Bertz CT molecular complexity index is 468. The maximum Gasteiger partial charge on any atom is 0.326 e. The van der Waals surface area contributed by atoms with Crippen LogP contribution in [-0.2, 0) is 20.8 Å². The first-order valence-corrected chi connectivity index (χ1v) is 6.09. The molecule has 0 amide bonds. The molecule has 1 unspecified atom stereocenters. The van der Waals surface area contributed by atoms with Crippen molar-refractivity contribution < 1.29 is 19.0 Å². The van der Waals surface area contributed by atoms with Gasteiger partial charge in [0.25, 0.3) is 5.56 Å². The van der Waals surface area contributed by atoms with Crippen molar-refractivity contribution in [1.82, 2.24) is 4.57 Å². The quantitative estimate of drug-likeness (QED) is 0.686. The minimum atomic E-state index is -0.486. The molecular formula is C13H19NO5. The van der Waals surface area contributed by atoms with Crippen LogP contribution in [-0.4, -0.2) is 37.0 Å². The molecule has 1 rings (SSSR count). The Morgan fingerprint density at radius 3 is 2.84 bits per heavy atom. The predicted molar refractivity (Wildman–Crippen MR) is 69.3 cm³/mol. The van der Waals surface area contributed by atoms with Crippen molar-refractivity contribution in [3.63, 3.8) is 0 Å². The molecule has 0 bridgehead atoms. The molecule has 1 atom stereocenters. The number of nitrogens with zero attached hydrogens (tertiary/aromatic N) is 1. The van der Waals surface area contributed by atoms with E-state index in [0.29, 0.717) is 13.2 Å². The summed E-state index contributed by atoms with van der Waals surface area (Å²) in [7, 11) is 1.53. The monoisotopic (exact) mass is 269 g/mol. The van der Waals surface area contributed by atoms with Crippen LogP contribution in [0.3, 0.4) is 0 Å². The Hall–Kier alpha value is -1.82. The van der Waals surface area contributed by atoms with E-state index in [0.717, 1.165) is 0 Å². The summed E-state index contributed by atoms with van der Waals surface area (Å²) in [6.07, 6.45) is 1.18. The van der Waals surface area contributed by atoms with Crippen molar-refractivity contribution in [1.29, 1.82) is 0 Å². The summed E-state index contributed by atoms with van der Waals surface area (Å²) in [6.45, 7) is 4.08. The smallest absolute Gasteiger partial charge is 0.326 e. The molecule has 6 nitrogen and oxygen atoms in total. The van der Waals surface area contributed by atoms with Gasteiger partial charge < -0.3 is 18.8 Å². The summed E-state index contributed by atoms with van der Waals surface area (Å²) in [5.41, 5.74) is -0.347. The molecule has 0 aliphatic heterocycles. The fraction of sp³-hybridized carbons (Fsp3) is 0.538. The lowest BCUT2D eigenvalue weighted by Crippen LogP contribution is -2.28. The fourth-order valence-corrected chi connectivity index (χ4v) is 1.57. The van der Waals surface area contributed by atoms with Gasteiger partial charge in [0.2, 0.25) is 0 Å². The van der Waals surface area contributed by atoms with Gasteiger partial charge in [0, 0.05) is 13.3 Å². The van der Waals surface area contributed by atoms with E-state index in [1.807, 2.05) is 0 Å². The van der Waals surface area contributed by atoms with Gasteiger partial charge in [0.15, 0.2) is 5.75 Å². The van der Waals surface area contributed by atoms with E-state index in [4.69, 9.17) is 14.2 Å². The molecule has 6 heteroatoms. The lowest BCUT2D eigenvalue weighted by atomic mass is 10.4. The van der Waals surface area contributed by atoms with Gasteiger partial charge in [0.1, 0.15) is 12.6 Å². The molecule has 106 valence electrons. The Kier molecular flexibility index (Phi) is 6.08. The largest absolute Gasteiger partial charge is 0.488 e. The van der Waals surface area contributed by atoms with Crippen molar-refractivity contribution >= 4 is 5.97 Å². The highest BCUT2D eigenvalue weighted by Crippen LogP contribution is 2.02. The van der Waals surface area contributed by atoms with Crippen molar-refractivity contribution in [3.8, 4) is 5.75 Å². The predicted octanol–water partition coefficient (Wildman–Crippen LogP) is 0.825. The fourth-order valence-electron chi connectivity index (χ4n) is 1.57. The maximum absolute atomic E-state index is 11.9. The van der Waals surface area contributed by atoms with Gasteiger partial charge in [-0.05, 0) is 26.0 Å². The molecule has 1 aromatic rings. The Balaban J connectivity index is 2.69. The highest BCUT2D eigenvalue weighted by Gasteiger charge is 2.12. The highest BCUT2D eigenvalue weighted by molar-refractivity contribution is 5.69. The molecule has 0 aromatic carbocycles. The second-order valence-corrected chi connectivity index (χ2v) is 3.99. The van der Waals surface area contributed by atoms with E-state index in [1.165, 1.54) is 17.9 Å². The van der Waals surface area contributed by atoms with Gasteiger partial charge in [-0.25, -0.2) is 0 Å². The first-order valence-electron chi connectivity index (χ1n) is 6.09. The highest BCUT2D eigenvalue weighted by atomic mass is 16.6. The summed E-state index contributed by atoms with van der Waals surface area (Å²) in [4.78, 5) is 23.6. The Labute approximate surface area is 111 Å². The second kappa shape index (κ2) is 7.58. The van der Waals surface area contributed by atoms with Crippen molar-refractivity contribution in [2.45, 2.75) is 26.5 Å². The number of ether oxygens (including phenoxy) is 3. The molecule has 0 saturated carbocycles. The molecule has 0 saturated heterocycles. The summed E-state index contributed by atoms with van der Waals surface area (Å²) >= 11 is 0. The Morgan fingerprint density at radius 2 is 2.21 bits per heavy atom. The van der Waals surface area contributed by atoms with Gasteiger partial charge in [-0.3, -0.25) is 9.59 Å². The summed E-state index contributed by atoms with van der Waals surface area (Å²) in [6, 6.07) is 3.22. The van der Waals surface area contributed by atoms with E-state index in [1.54, 1.807) is 26.0 Å². The average molecular weight is 269 g/mol. The molecule has 0 fully saturated rings. The number of pyridine rings is 1. The van der Waals surface area contributed by atoms with Crippen LogP contribution in [0.2, 0.25) is 0 Å². The normalized spacial score (nSPS) is 11.9. The third-order valence-electron chi connectivity index (χ3n) is 2.32. The minimum Gasteiger partial charge on any atom is -0.488 e. The van der Waals surface area contributed by atoms with Gasteiger partial charge in [0.05, 0.1) is 13.2 Å². The molecule has 1 aromatic heterocycles. The molecule has 19 heavy (non-hydrogen) atoms. The lowest BCUT2D eigenvalue weighted by Gasteiger charge is -2.13. The zero-order chi connectivity index (χ0) is 14.3. The van der Waals surface area contributed by atoms with Crippen LogP contribution in [0.15, 0.2) is 23.1 Å². The van der Waals surface area contributed by atoms with Crippen LogP contribution in [0.4, 0.5) is 0 Å². The standard InChI is InChI=1S/C13H19NO5/c1-4-18-11-6-5-7-14(13(11)16)8-12(15)19-10(2)9-17-3/h5-7,10H,4,8-9H2,1-3H3. The number of hydrogen-bond donors (Lipinski definition) is 0. The van der Waals surface area contributed by atoms with Gasteiger partial charge in [-0.1, -0.05) is 0 Å². The average Bonchev–Trinajstić information content (AvgIpc) is 2.34.